The number of rotatable bonds is 15. The molecule has 11 nitrogen and oxygen atoms in total. The molecule has 0 bridgehead atoms. The Balaban J connectivity index is 1.65. The third kappa shape index (κ3) is 9.62. The molecule has 1 saturated heterocycles. The van der Waals surface area contributed by atoms with Gasteiger partial charge in [-0.25, -0.2) is 14.6 Å². The Morgan fingerprint density at radius 1 is 1.23 bits per heavy atom. The standard InChI is InChI=1S/C27H38N5O6PS/c1-4-20(5-2)16-36-26(34)15-31-39(35,38-24-12-8-10-21-9-6-7-11-23(21)24)37-17-22-13-14-25(40-22)32(3)18-29-27(28)30-19-33/h6-12,18-20,22,25H,4-5,13-17H2,1-3H3,(H,31,35)(H2,28,30,33)/t22-,25+,39?/m0/s1. The third-order valence-corrected chi connectivity index (χ3v) is 9.66. The predicted molar refractivity (Wildman–Crippen MR) is 159 cm³/mol. The molecule has 1 fully saturated rings. The van der Waals surface area contributed by atoms with Gasteiger partial charge in [0.1, 0.15) is 12.3 Å². The van der Waals surface area contributed by atoms with E-state index in [-0.39, 0.29) is 35.7 Å². The predicted octanol–water partition coefficient (Wildman–Crippen LogP) is 4.77. The molecule has 0 saturated carbocycles. The molecule has 3 rings (SSSR count). The highest BCUT2D eigenvalue weighted by Gasteiger charge is 2.33. The number of carbonyl (C=O) groups is 2. The summed E-state index contributed by atoms with van der Waals surface area (Å²) in [5, 5.41) is 14.2. The van der Waals surface area contributed by atoms with Crippen LogP contribution in [0.4, 0.5) is 0 Å². The average Bonchev–Trinajstić information content (AvgIpc) is 3.44. The summed E-state index contributed by atoms with van der Waals surface area (Å²) in [6.45, 7) is 4.22. The van der Waals surface area contributed by atoms with E-state index in [0.717, 1.165) is 36.5 Å². The van der Waals surface area contributed by atoms with Gasteiger partial charge in [-0.3, -0.25) is 24.8 Å². The molecule has 2 aromatic carbocycles. The van der Waals surface area contributed by atoms with Crippen molar-refractivity contribution in [2.24, 2.45) is 10.9 Å². The van der Waals surface area contributed by atoms with E-state index in [0.29, 0.717) is 18.8 Å². The van der Waals surface area contributed by atoms with Crippen LogP contribution in [-0.2, 0) is 23.4 Å². The number of nitrogens with one attached hydrogen (secondary N) is 3. The highest BCUT2D eigenvalue weighted by molar-refractivity contribution is 8.00. The van der Waals surface area contributed by atoms with E-state index in [1.54, 1.807) is 17.8 Å². The van der Waals surface area contributed by atoms with Crippen LogP contribution in [0, 0.1) is 11.3 Å². The number of ether oxygens (including phenoxy) is 1. The van der Waals surface area contributed by atoms with E-state index in [2.05, 4.69) is 15.4 Å². The summed E-state index contributed by atoms with van der Waals surface area (Å²) in [4.78, 5) is 28.6. The van der Waals surface area contributed by atoms with Crippen LogP contribution in [0.3, 0.4) is 0 Å². The molecule has 0 radical (unpaired) electrons. The number of benzene rings is 2. The van der Waals surface area contributed by atoms with Crippen molar-refractivity contribution in [2.45, 2.75) is 50.2 Å². The fourth-order valence-electron chi connectivity index (χ4n) is 4.06. The van der Waals surface area contributed by atoms with Gasteiger partial charge < -0.3 is 14.2 Å². The molecule has 0 aliphatic carbocycles. The summed E-state index contributed by atoms with van der Waals surface area (Å²) in [6, 6.07) is 13.0. The quantitative estimate of drug-likeness (QED) is 0.0877. The third-order valence-electron chi connectivity index (χ3n) is 6.55. The van der Waals surface area contributed by atoms with Crippen LogP contribution < -0.4 is 14.9 Å². The SMILES string of the molecule is CCC(CC)COC(=O)CNP(=O)(OC[C@@H]1CC[C@H](N(C)C=NC(=N)NC=O)S1)Oc1cccc2ccccc12. The van der Waals surface area contributed by atoms with Gasteiger partial charge >= 0.3 is 13.7 Å². The summed E-state index contributed by atoms with van der Waals surface area (Å²) < 4.78 is 31.2. The van der Waals surface area contributed by atoms with E-state index < -0.39 is 13.7 Å². The molecule has 0 spiro atoms. The molecule has 40 heavy (non-hydrogen) atoms. The van der Waals surface area contributed by atoms with Crippen molar-refractivity contribution >= 4 is 55.0 Å². The molecule has 218 valence electrons. The Morgan fingerprint density at radius 3 is 2.73 bits per heavy atom. The minimum Gasteiger partial charge on any atom is -0.464 e. The van der Waals surface area contributed by atoms with Crippen LogP contribution >= 0.6 is 19.5 Å². The Morgan fingerprint density at radius 2 is 1.98 bits per heavy atom. The average molecular weight is 592 g/mol. The van der Waals surface area contributed by atoms with Crippen molar-refractivity contribution in [3.63, 3.8) is 0 Å². The van der Waals surface area contributed by atoms with Gasteiger partial charge in [-0.1, -0.05) is 63.1 Å². The molecule has 2 aromatic rings. The maximum Gasteiger partial charge on any atom is 0.459 e. The molecular weight excluding hydrogens is 553 g/mol. The zero-order valence-corrected chi connectivity index (χ0v) is 24.8. The van der Waals surface area contributed by atoms with E-state index in [9.17, 15) is 14.2 Å². The van der Waals surface area contributed by atoms with Crippen molar-refractivity contribution < 1.29 is 27.9 Å². The second kappa shape index (κ2) is 15.8. The van der Waals surface area contributed by atoms with Crippen LogP contribution in [0.25, 0.3) is 10.8 Å². The van der Waals surface area contributed by atoms with Crippen molar-refractivity contribution in [3.05, 3.63) is 42.5 Å². The molecule has 1 aliphatic heterocycles. The summed E-state index contributed by atoms with van der Waals surface area (Å²) in [7, 11) is -2.13. The maximum atomic E-state index is 13.9. The molecule has 1 aliphatic rings. The number of fused-ring (bicyclic) bond motifs is 1. The van der Waals surface area contributed by atoms with Gasteiger partial charge in [0.05, 0.1) is 24.9 Å². The number of thioether (sulfide) groups is 1. The van der Waals surface area contributed by atoms with Gasteiger partial charge in [-0.2, -0.15) is 0 Å². The molecule has 3 atom stereocenters. The van der Waals surface area contributed by atoms with Gasteiger partial charge in [0.15, 0.2) is 0 Å². The Hall–Kier alpha value is -2.92. The summed E-state index contributed by atoms with van der Waals surface area (Å²) in [5.41, 5.74) is 0. The zero-order chi connectivity index (χ0) is 29.0. The van der Waals surface area contributed by atoms with Crippen LogP contribution in [0.15, 0.2) is 47.5 Å². The van der Waals surface area contributed by atoms with E-state index in [1.165, 1.54) is 6.34 Å². The van der Waals surface area contributed by atoms with Gasteiger partial charge in [-0.05, 0) is 30.2 Å². The minimum atomic E-state index is -3.96. The minimum absolute atomic E-state index is 0.0152. The van der Waals surface area contributed by atoms with E-state index >= 15 is 0 Å². The Kier molecular flexibility index (Phi) is 12.5. The number of carbonyl (C=O) groups excluding carboxylic acids is 2. The fraction of sp³-hybridized carbons (Fsp3) is 0.481. The van der Waals surface area contributed by atoms with Gasteiger partial charge in [0, 0.05) is 17.7 Å². The van der Waals surface area contributed by atoms with Crippen LogP contribution in [0.5, 0.6) is 5.75 Å². The van der Waals surface area contributed by atoms with Crippen LogP contribution in [0.1, 0.15) is 39.5 Å². The van der Waals surface area contributed by atoms with Crippen LogP contribution in [-0.4, -0.2) is 67.0 Å². The van der Waals surface area contributed by atoms with Gasteiger partial charge in [0.25, 0.3) is 0 Å². The maximum absolute atomic E-state index is 13.9. The molecule has 1 amide bonds. The Bertz CT molecular complexity index is 1220. The number of aliphatic imine (C=N–C) groups is 1. The topological polar surface area (TPSA) is 142 Å². The highest BCUT2D eigenvalue weighted by atomic mass is 32.2. The summed E-state index contributed by atoms with van der Waals surface area (Å²) >= 11 is 1.63. The highest BCUT2D eigenvalue weighted by Crippen LogP contribution is 2.47. The number of hydrogen-bond acceptors (Lipinski definition) is 8. The lowest BCUT2D eigenvalue weighted by atomic mass is 10.1. The number of esters is 1. The zero-order valence-electron chi connectivity index (χ0n) is 23.1. The molecule has 3 N–H and O–H groups in total. The second-order valence-electron chi connectivity index (χ2n) is 9.37. The van der Waals surface area contributed by atoms with Crippen molar-refractivity contribution in [1.29, 1.82) is 5.41 Å². The first-order valence-corrected chi connectivity index (χ1v) is 15.8. The van der Waals surface area contributed by atoms with Gasteiger partial charge in [-0.15, -0.1) is 11.8 Å². The first kappa shape index (κ1) is 31.6. The molecule has 0 aromatic heterocycles. The molecule has 13 heteroatoms. The molecule has 1 unspecified atom stereocenters. The van der Waals surface area contributed by atoms with E-state index in [1.807, 2.05) is 62.2 Å². The monoisotopic (exact) mass is 591 g/mol. The smallest absolute Gasteiger partial charge is 0.459 e. The largest absolute Gasteiger partial charge is 0.464 e. The van der Waals surface area contributed by atoms with Gasteiger partial charge in [0.2, 0.25) is 12.4 Å². The fourth-order valence-corrected chi connectivity index (χ4v) is 6.87. The van der Waals surface area contributed by atoms with Crippen molar-refractivity contribution in [1.82, 2.24) is 15.3 Å². The lowest BCUT2D eigenvalue weighted by Crippen LogP contribution is -2.28. The summed E-state index contributed by atoms with van der Waals surface area (Å²) in [6.07, 6.45) is 5.31. The van der Waals surface area contributed by atoms with Crippen molar-refractivity contribution in [3.8, 4) is 5.75 Å². The van der Waals surface area contributed by atoms with Crippen molar-refractivity contribution in [2.75, 3.05) is 26.8 Å². The number of hydrogen-bond donors (Lipinski definition) is 3. The Labute approximate surface area is 239 Å². The summed E-state index contributed by atoms with van der Waals surface area (Å²) in [5.74, 6) is -0.108. The molecular formula is C27H38N5O6PS. The lowest BCUT2D eigenvalue weighted by Gasteiger charge is -2.23. The van der Waals surface area contributed by atoms with E-state index in [4.69, 9.17) is 19.2 Å². The second-order valence-corrected chi connectivity index (χ2v) is 12.6. The number of guanidine groups is 1. The number of amides is 1. The first-order chi connectivity index (χ1) is 19.3. The molecule has 1 heterocycles. The normalized spacial score (nSPS) is 18.5. The van der Waals surface area contributed by atoms with Crippen LogP contribution in [0.2, 0.25) is 0 Å². The number of nitrogens with zero attached hydrogens (tertiary/aromatic N) is 2. The lowest BCUT2D eigenvalue weighted by molar-refractivity contribution is -0.143. The first-order valence-electron chi connectivity index (χ1n) is 13.3.